The van der Waals surface area contributed by atoms with E-state index in [0.717, 1.165) is 12.1 Å². The summed E-state index contributed by atoms with van der Waals surface area (Å²) in [6.45, 7) is 9.49. The number of rotatable bonds is 13. The number of esters is 1. The van der Waals surface area contributed by atoms with E-state index in [1.807, 2.05) is 11.8 Å². The summed E-state index contributed by atoms with van der Waals surface area (Å²) in [6, 6.07) is 4.90. The summed E-state index contributed by atoms with van der Waals surface area (Å²) in [5.74, 6) is -0.498. The molecule has 1 N–H and O–H groups in total. The van der Waals surface area contributed by atoms with Gasteiger partial charge in [0.05, 0.1) is 45.3 Å². The van der Waals surface area contributed by atoms with Crippen molar-refractivity contribution in [2.45, 2.75) is 27.2 Å². The third-order valence-electron chi connectivity index (χ3n) is 5.09. The number of carbonyl (C=O) groups is 2. The van der Waals surface area contributed by atoms with Crippen molar-refractivity contribution in [2.75, 3.05) is 37.0 Å². The molecule has 1 amide bonds. The lowest BCUT2D eigenvalue weighted by Crippen LogP contribution is -2.27. The number of nitrogens with one attached hydrogen (secondary N) is 1. The van der Waals surface area contributed by atoms with Gasteiger partial charge >= 0.3 is 11.7 Å². The SMILES string of the molecule is C=C(C)COC(=O)CCN(CC)c1cc(NC(C)=O)c(N=Nc2c(Br)cc([N+](=O)[O-])cc2[N+](=O)[O-])cc1OC. The Balaban J connectivity index is 2.52. The predicted molar refractivity (Wildman–Crippen MR) is 147 cm³/mol. The van der Waals surface area contributed by atoms with E-state index in [0.29, 0.717) is 23.6 Å². The number of anilines is 2. The molecule has 2 rings (SSSR count). The highest BCUT2D eigenvalue weighted by Crippen LogP contribution is 2.43. The van der Waals surface area contributed by atoms with Crippen LogP contribution in [0.3, 0.4) is 0 Å². The zero-order valence-electron chi connectivity index (χ0n) is 21.7. The fourth-order valence-corrected chi connectivity index (χ4v) is 3.83. The first kappa shape index (κ1) is 30.8. The van der Waals surface area contributed by atoms with Gasteiger partial charge in [0, 0.05) is 32.1 Å². The van der Waals surface area contributed by atoms with Crippen molar-refractivity contribution in [3.8, 4) is 5.75 Å². The molecule has 14 nitrogen and oxygen atoms in total. The van der Waals surface area contributed by atoms with E-state index < -0.39 is 33.1 Å². The number of methoxy groups -OCH3 is 1. The Hall–Kier alpha value is -4.40. The maximum atomic E-state index is 12.1. The van der Waals surface area contributed by atoms with Gasteiger partial charge < -0.3 is 19.7 Å². The first-order valence-corrected chi connectivity index (χ1v) is 12.3. The molecule has 0 fully saturated rings. The molecule has 2 aromatic carbocycles. The average Bonchev–Trinajstić information content (AvgIpc) is 2.86. The van der Waals surface area contributed by atoms with Gasteiger partial charge in [-0.3, -0.25) is 29.8 Å². The summed E-state index contributed by atoms with van der Waals surface area (Å²) in [4.78, 5) is 47.0. The Morgan fingerprint density at radius 1 is 1.13 bits per heavy atom. The highest BCUT2D eigenvalue weighted by molar-refractivity contribution is 9.10. The number of nitro groups is 2. The number of ether oxygens (including phenoxy) is 2. The van der Waals surface area contributed by atoms with Crippen LogP contribution in [0.2, 0.25) is 0 Å². The molecule has 0 atom stereocenters. The van der Waals surface area contributed by atoms with E-state index in [4.69, 9.17) is 9.47 Å². The van der Waals surface area contributed by atoms with E-state index in [1.54, 1.807) is 13.0 Å². The summed E-state index contributed by atoms with van der Waals surface area (Å²) in [6.07, 6.45) is 0.0824. The normalized spacial score (nSPS) is 10.7. The zero-order chi connectivity index (χ0) is 29.3. The van der Waals surface area contributed by atoms with E-state index in [1.165, 1.54) is 20.1 Å². The molecule has 0 heterocycles. The van der Waals surface area contributed by atoms with Gasteiger partial charge in [-0.2, -0.15) is 0 Å². The Bertz CT molecular complexity index is 1330. The highest BCUT2D eigenvalue weighted by Gasteiger charge is 2.24. The third kappa shape index (κ3) is 8.56. The third-order valence-corrected chi connectivity index (χ3v) is 5.69. The molecule has 0 unspecified atom stereocenters. The van der Waals surface area contributed by atoms with Crippen LogP contribution in [0.15, 0.2) is 51.1 Å². The van der Waals surface area contributed by atoms with Crippen molar-refractivity contribution in [2.24, 2.45) is 10.2 Å². The van der Waals surface area contributed by atoms with Gasteiger partial charge in [0.1, 0.15) is 18.0 Å². The summed E-state index contributed by atoms with van der Waals surface area (Å²) in [5.41, 5.74) is 0.172. The monoisotopic (exact) mass is 606 g/mol. The molecule has 208 valence electrons. The number of carbonyl (C=O) groups excluding carboxylic acids is 2. The summed E-state index contributed by atoms with van der Waals surface area (Å²) in [7, 11) is 1.42. The molecule has 0 radical (unpaired) electrons. The smallest absolute Gasteiger partial charge is 0.307 e. The molecule has 39 heavy (non-hydrogen) atoms. The second-order valence-electron chi connectivity index (χ2n) is 8.18. The molecule has 0 bridgehead atoms. The first-order chi connectivity index (χ1) is 18.4. The maximum absolute atomic E-state index is 12.1. The van der Waals surface area contributed by atoms with Crippen molar-refractivity contribution in [3.05, 3.63) is 61.1 Å². The lowest BCUT2D eigenvalue weighted by molar-refractivity contribution is -0.393. The van der Waals surface area contributed by atoms with Crippen LogP contribution in [0.4, 0.5) is 34.1 Å². The van der Waals surface area contributed by atoms with Gasteiger partial charge in [-0.05, 0) is 41.4 Å². The minimum absolute atomic E-state index is 0.0208. The number of non-ortho nitro benzene ring substituents is 1. The van der Waals surface area contributed by atoms with Crippen LogP contribution in [0.1, 0.15) is 27.2 Å². The van der Waals surface area contributed by atoms with Crippen molar-refractivity contribution in [1.82, 2.24) is 0 Å². The molecule has 2 aromatic rings. The topological polar surface area (TPSA) is 179 Å². The Morgan fingerprint density at radius 2 is 1.82 bits per heavy atom. The Kier molecular flexibility index (Phi) is 11.0. The van der Waals surface area contributed by atoms with E-state index >= 15 is 0 Å². The number of hydrogen-bond acceptors (Lipinski definition) is 11. The molecule has 0 aliphatic heterocycles. The van der Waals surface area contributed by atoms with E-state index in [-0.39, 0.29) is 41.1 Å². The second kappa shape index (κ2) is 13.9. The van der Waals surface area contributed by atoms with Crippen molar-refractivity contribution in [3.63, 3.8) is 0 Å². The molecule has 0 saturated heterocycles. The fourth-order valence-electron chi connectivity index (χ4n) is 3.31. The van der Waals surface area contributed by atoms with Crippen molar-refractivity contribution >= 4 is 61.9 Å². The quantitative estimate of drug-likeness (QED) is 0.0942. The van der Waals surface area contributed by atoms with Gasteiger partial charge in [-0.15, -0.1) is 10.2 Å². The van der Waals surface area contributed by atoms with Crippen LogP contribution in [-0.2, 0) is 14.3 Å². The molecule has 0 spiro atoms. The van der Waals surface area contributed by atoms with Gasteiger partial charge in [0.25, 0.3) is 5.69 Å². The van der Waals surface area contributed by atoms with Crippen LogP contribution in [0, 0.1) is 20.2 Å². The summed E-state index contributed by atoms with van der Waals surface area (Å²) >= 11 is 3.08. The first-order valence-electron chi connectivity index (χ1n) is 11.5. The standard InChI is InChI=1S/C24H27BrN6O8/c1-6-29(8-7-23(33)39-13-14(2)3)20-11-18(26-15(4)32)19(12-22(20)38-5)27-28-24-17(25)9-16(30(34)35)10-21(24)31(36)37/h9-12H,2,6-8,13H2,1,3-5H3,(H,26,32). The summed E-state index contributed by atoms with van der Waals surface area (Å²) in [5, 5.41) is 33.3. The lowest BCUT2D eigenvalue weighted by atomic mass is 10.2. The van der Waals surface area contributed by atoms with Gasteiger partial charge in [0.15, 0.2) is 5.69 Å². The van der Waals surface area contributed by atoms with Crippen LogP contribution >= 0.6 is 15.9 Å². The number of azo groups is 1. The van der Waals surface area contributed by atoms with Gasteiger partial charge in [-0.1, -0.05) is 6.58 Å². The summed E-state index contributed by atoms with van der Waals surface area (Å²) < 4.78 is 10.6. The van der Waals surface area contributed by atoms with Gasteiger partial charge in [0.2, 0.25) is 5.91 Å². The van der Waals surface area contributed by atoms with E-state index in [9.17, 15) is 29.8 Å². The fraction of sp³-hybridized carbons (Fsp3) is 0.333. The number of hydrogen-bond donors (Lipinski definition) is 1. The highest BCUT2D eigenvalue weighted by atomic mass is 79.9. The van der Waals surface area contributed by atoms with Crippen LogP contribution in [0.5, 0.6) is 5.75 Å². The van der Waals surface area contributed by atoms with Crippen molar-refractivity contribution < 1.29 is 28.9 Å². The number of nitrogens with zero attached hydrogens (tertiary/aromatic N) is 5. The molecular weight excluding hydrogens is 580 g/mol. The molecule has 0 aromatic heterocycles. The van der Waals surface area contributed by atoms with Crippen LogP contribution in [-0.4, -0.2) is 48.5 Å². The van der Waals surface area contributed by atoms with E-state index in [2.05, 4.69) is 38.1 Å². The largest absolute Gasteiger partial charge is 0.494 e. The van der Waals surface area contributed by atoms with Crippen molar-refractivity contribution in [1.29, 1.82) is 0 Å². The zero-order valence-corrected chi connectivity index (χ0v) is 23.3. The average molecular weight is 607 g/mol. The molecule has 0 aliphatic rings. The Morgan fingerprint density at radius 3 is 2.36 bits per heavy atom. The number of nitro benzene ring substituents is 2. The minimum atomic E-state index is -0.814. The van der Waals surface area contributed by atoms with Gasteiger partial charge in [-0.25, -0.2) is 0 Å². The molecular formula is C24H27BrN6O8. The number of benzene rings is 2. The predicted octanol–water partition coefficient (Wildman–Crippen LogP) is 5.98. The number of halogens is 1. The maximum Gasteiger partial charge on any atom is 0.307 e. The Labute approximate surface area is 232 Å². The van der Waals surface area contributed by atoms with Crippen LogP contribution in [0.25, 0.3) is 0 Å². The molecule has 0 saturated carbocycles. The minimum Gasteiger partial charge on any atom is -0.494 e. The number of amides is 1. The second-order valence-corrected chi connectivity index (χ2v) is 9.03. The van der Waals surface area contributed by atoms with Crippen LogP contribution < -0.4 is 15.0 Å². The molecule has 15 heteroatoms. The lowest BCUT2D eigenvalue weighted by Gasteiger charge is -2.26. The molecule has 0 aliphatic carbocycles.